The van der Waals surface area contributed by atoms with E-state index in [2.05, 4.69) is 9.98 Å². The van der Waals surface area contributed by atoms with Crippen LogP contribution in [0.3, 0.4) is 0 Å². The summed E-state index contributed by atoms with van der Waals surface area (Å²) in [4.78, 5) is 7.85. The molecule has 0 amide bonds. The predicted molar refractivity (Wildman–Crippen MR) is 96.3 cm³/mol. The highest BCUT2D eigenvalue weighted by Crippen LogP contribution is 2.25. The molecule has 132 valence electrons. The average molecular weight is 365 g/mol. The van der Waals surface area contributed by atoms with Crippen LogP contribution in [0.5, 0.6) is 11.6 Å². The minimum Gasteiger partial charge on any atom is -0.436 e. The maximum absolute atomic E-state index is 13.7. The van der Waals surface area contributed by atoms with Crippen LogP contribution in [0.15, 0.2) is 47.6 Å². The van der Waals surface area contributed by atoms with Gasteiger partial charge in [-0.1, -0.05) is 23.7 Å². The molecule has 5 N–H and O–H groups in total. The highest BCUT2D eigenvalue weighted by Gasteiger charge is 2.08. The molecule has 1 heterocycles. The Bertz CT molecular complexity index is 783. The summed E-state index contributed by atoms with van der Waals surface area (Å²) in [5, 5.41) is 9.00. The average Bonchev–Trinajstić information content (AvgIpc) is 2.61. The molecular weight excluding hydrogens is 347 g/mol. The molecule has 2 rings (SSSR count). The summed E-state index contributed by atoms with van der Waals surface area (Å²) in [7, 11) is 0. The van der Waals surface area contributed by atoms with Crippen LogP contribution in [0.1, 0.15) is 5.56 Å². The third kappa shape index (κ3) is 5.82. The van der Waals surface area contributed by atoms with E-state index in [4.69, 9.17) is 32.9 Å². The van der Waals surface area contributed by atoms with Crippen molar-refractivity contribution in [1.82, 2.24) is 4.98 Å². The fourth-order valence-electron chi connectivity index (χ4n) is 1.81. The van der Waals surface area contributed by atoms with Gasteiger partial charge in [-0.3, -0.25) is 4.99 Å². The molecule has 0 bridgehead atoms. The molecule has 1 aromatic carbocycles. The van der Waals surface area contributed by atoms with Crippen LogP contribution in [0.2, 0.25) is 5.02 Å². The van der Waals surface area contributed by atoms with Crippen LogP contribution in [-0.4, -0.2) is 35.5 Å². The molecule has 1 aromatic heterocycles. The lowest BCUT2D eigenvalue weighted by Crippen LogP contribution is -2.27. The van der Waals surface area contributed by atoms with Crippen LogP contribution in [0, 0.1) is 5.82 Å². The third-order valence-corrected chi connectivity index (χ3v) is 3.30. The highest BCUT2D eigenvalue weighted by molar-refractivity contribution is 6.30. The molecule has 6 nitrogen and oxygen atoms in total. The SMILES string of the molecule is N/C(=C\C=NC[C@H](N)CO)c1cccc(Oc2ncc(Cl)cc2F)c1. The number of nitrogens with two attached hydrogens (primary N) is 2. The van der Waals surface area contributed by atoms with E-state index >= 15 is 0 Å². The van der Waals surface area contributed by atoms with Gasteiger partial charge in [-0.05, 0) is 24.3 Å². The quantitative estimate of drug-likeness (QED) is 0.654. The molecule has 25 heavy (non-hydrogen) atoms. The number of halogens is 2. The Morgan fingerprint density at radius 1 is 1.44 bits per heavy atom. The smallest absolute Gasteiger partial charge is 0.255 e. The minimum atomic E-state index is -0.659. The molecular formula is C17H18ClFN4O2. The first-order chi connectivity index (χ1) is 12.0. The molecule has 0 aliphatic rings. The number of hydrogen-bond acceptors (Lipinski definition) is 6. The van der Waals surface area contributed by atoms with Crippen molar-refractivity contribution in [3.8, 4) is 11.6 Å². The van der Waals surface area contributed by atoms with Gasteiger partial charge >= 0.3 is 0 Å². The van der Waals surface area contributed by atoms with Gasteiger partial charge in [0.15, 0.2) is 5.82 Å². The Balaban J connectivity index is 2.09. The summed E-state index contributed by atoms with van der Waals surface area (Å²) < 4.78 is 19.2. The second-order valence-corrected chi connectivity index (χ2v) is 5.59. The first-order valence-corrected chi connectivity index (χ1v) is 7.78. The number of aliphatic imine (C=N–C) groups is 1. The van der Waals surface area contributed by atoms with Crippen LogP contribution in [0.25, 0.3) is 5.70 Å². The number of ether oxygens (including phenoxy) is 1. The van der Waals surface area contributed by atoms with Crippen LogP contribution < -0.4 is 16.2 Å². The normalized spacial score (nSPS) is 13.2. The van der Waals surface area contributed by atoms with Gasteiger partial charge in [-0.25, -0.2) is 9.37 Å². The zero-order valence-corrected chi connectivity index (χ0v) is 14.0. The molecule has 0 fully saturated rings. The van der Waals surface area contributed by atoms with E-state index < -0.39 is 11.9 Å². The number of hydrogen-bond donors (Lipinski definition) is 3. The first-order valence-electron chi connectivity index (χ1n) is 7.41. The van der Waals surface area contributed by atoms with Gasteiger partial charge in [0.2, 0.25) is 0 Å². The van der Waals surface area contributed by atoms with E-state index in [1.165, 1.54) is 12.4 Å². The molecule has 8 heteroatoms. The number of nitrogens with zero attached hydrogens (tertiary/aromatic N) is 2. The number of aliphatic hydroxyl groups excluding tert-OH is 1. The lowest BCUT2D eigenvalue weighted by molar-refractivity contribution is 0.269. The summed E-state index contributed by atoms with van der Waals surface area (Å²) in [6.07, 6.45) is 4.41. The Hall–Kier alpha value is -2.48. The topological polar surface area (TPSA) is 107 Å². The fraction of sp³-hybridized carbons (Fsp3) is 0.176. The summed E-state index contributed by atoms with van der Waals surface area (Å²) >= 11 is 5.66. The molecule has 0 unspecified atom stereocenters. The number of aromatic nitrogens is 1. The molecule has 0 aliphatic heterocycles. The summed E-state index contributed by atoms with van der Waals surface area (Å²) in [5.74, 6) is -0.459. The molecule has 0 aliphatic carbocycles. The van der Waals surface area contributed by atoms with Gasteiger partial charge in [-0.15, -0.1) is 0 Å². The summed E-state index contributed by atoms with van der Waals surface area (Å²) in [6, 6.07) is 7.52. The lowest BCUT2D eigenvalue weighted by Gasteiger charge is -2.08. The van der Waals surface area contributed by atoms with Crippen LogP contribution in [-0.2, 0) is 0 Å². The van der Waals surface area contributed by atoms with Gasteiger partial charge < -0.3 is 21.3 Å². The second-order valence-electron chi connectivity index (χ2n) is 5.15. The van der Waals surface area contributed by atoms with E-state index in [9.17, 15) is 4.39 Å². The maximum atomic E-state index is 13.7. The first kappa shape index (κ1) is 18.9. The number of aliphatic hydroxyl groups is 1. The van der Waals surface area contributed by atoms with Crippen molar-refractivity contribution in [2.24, 2.45) is 16.5 Å². The van der Waals surface area contributed by atoms with Crippen LogP contribution in [0.4, 0.5) is 4.39 Å². The van der Waals surface area contributed by atoms with Crippen molar-refractivity contribution in [2.75, 3.05) is 13.2 Å². The number of pyridine rings is 1. The van der Waals surface area contributed by atoms with E-state index in [1.54, 1.807) is 30.3 Å². The summed E-state index contributed by atoms with van der Waals surface area (Å²) in [6.45, 7) is 0.163. The molecule has 0 radical (unpaired) electrons. The van der Waals surface area contributed by atoms with E-state index in [1.807, 2.05) is 0 Å². The fourth-order valence-corrected chi connectivity index (χ4v) is 1.96. The molecule has 0 saturated heterocycles. The second kappa shape index (κ2) is 9.12. The Morgan fingerprint density at radius 3 is 2.96 bits per heavy atom. The van der Waals surface area contributed by atoms with Crippen molar-refractivity contribution in [3.05, 3.63) is 59.0 Å². The number of allylic oxidation sites excluding steroid dienone is 1. The molecule has 0 spiro atoms. The minimum absolute atomic E-state index is 0.134. The van der Waals surface area contributed by atoms with E-state index in [0.717, 1.165) is 6.07 Å². The van der Waals surface area contributed by atoms with Gasteiger partial charge in [-0.2, -0.15) is 0 Å². The number of benzene rings is 1. The van der Waals surface area contributed by atoms with E-state index in [0.29, 0.717) is 23.6 Å². The predicted octanol–water partition coefficient (Wildman–Crippen LogP) is 2.36. The Kier molecular flexibility index (Phi) is 6.88. The van der Waals surface area contributed by atoms with Crippen molar-refractivity contribution in [1.29, 1.82) is 0 Å². The van der Waals surface area contributed by atoms with Crippen LogP contribution >= 0.6 is 11.6 Å². The Morgan fingerprint density at radius 2 is 2.24 bits per heavy atom. The van der Waals surface area contributed by atoms with E-state index in [-0.39, 0.29) is 17.5 Å². The zero-order valence-electron chi connectivity index (χ0n) is 13.3. The highest BCUT2D eigenvalue weighted by atomic mass is 35.5. The van der Waals surface area contributed by atoms with Crippen molar-refractivity contribution < 1.29 is 14.2 Å². The monoisotopic (exact) mass is 364 g/mol. The lowest BCUT2D eigenvalue weighted by atomic mass is 10.1. The van der Waals surface area contributed by atoms with Gasteiger partial charge in [0.25, 0.3) is 5.88 Å². The van der Waals surface area contributed by atoms with Gasteiger partial charge in [0.05, 0.1) is 18.2 Å². The molecule has 1 atom stereocenters. The Labute approximate surface area is 149 Å². The molecule has 2 aromatic rings. The van der Waals surface area contributed by atoms with Gasteiger partial charge in [0.1, 0.15) is 5.75 Å². The third-order valence-electron chi connectivity index (χ3n) is 3.09. The summed E-state index contributed by atoms with van der Waals surface area (Å²) in [5.41, 5.74) is 12.6. The number of rotatable bonds is 7. The van der Waals surface area contributed by atoms with Gasteiger partial charge in [0, 0.05) is 29.7 Å². The van der Waals surface area contributed by atoms with Crippen molar-refractivity contribution in [2.45, 2.75) is 6.04 Å². The van der Waals surface area contributed by atoms with Crippen molar-refractivity contribution in [3.63, 3.8) is 0 Å². The largest absolute Gasteiger partial charge is 0.436 e. The maximum Gasteiger partial charge on any atom is 0.255 e. The molecule has 0 saturated carbocycles. The standard InChI is InChI=1S/C17H18ClFN4O2/c18-12-7-15(19)17(23-8-12)25-14-3-1-2-11(6-14)16(21)4-5-22-9-13(20)10-24/h1-8,13,24H,9-10,20-21H2/b16-4-,22-5?/t13-/m0/s1. The van der Waals surface area contributed by atoms with Crippen molar-refractivity contribution >= 4 is 23.5 Å². The zero-order chi connectivity index (χ0) is 18.2.